The predicted octanol–water partition coefficient (Wildman–Crippen LogP) is 4.20. The van der Waals surface area contributed by atoms with Crippen LogP contribution in [0.4, 0.5) is 11.4 Å². The first-order valence-electron chi connectivity index (χ1n) is 9.96. The van der Waals surface area contributed by atoms with Crippen LogP contribution in [0.1, 0.15) is 32.1 Å². The number of thioether (sulfide) groups is 1. The van der Waals surface area contributed by atoms with Gasteiger partial charge in [-0.05, 0) is 37.1 Å². The van der Waals surface area contributed by atoms with Crippen LogP contribution in [0.2, 0.25) is 0 Å². The standard InChI is InChI=1S/C22H22N2O4S/c25-20(9-12-24-16-5-1-2-6-19(16)29-14-21(24)26)23-15-7-8-17-18(13-15)28-22(27-17)10-3-4-11-22/h1-2,5-8,13H,3-4,9-12,14H2,(H,23,25). The third kappa shape index (κ3) is 3.55. The zero-order valence-electron chi connectivity index (χ0n) is 16.0. The molecule has 0 atom stereocenters. The van der Waals surface area contributed by atoms with Crippen molar-refractivity contribution in [3.05, 3.63) is 42.5 Å². The summed E-state index contributed by atoms with van der Waals surface area (Å²) in [6, 6.07) is 13.3. The summed E-state index contributed by atoms with van der Waals surface area (Å²) in [6.45, 7) is 0.357. The number of nitrogens with one attached hydrogen (secondary N) is 1. The Bertz CT molecular complexity index is 971. The number of benzene rings is 2. The largest absolute Gasteiger partial charge is 0.448 e. The lowest BCUT2D eigenvalue weighted by atomic mass is 10.2. The number of hydrogen-bond acceptors (Lipinski definition) is 5. The number of carbonyl (C=O) groups excluding carboxylic acids is 2. The topological polar surface area (TPSA) is 67.9 Å². The first kappa shape index (κ1) is 18.4. The molecule has 0 unspecified atom stereocenters. The molecule has 1 spiro atoms. The second kappa shape index (κ2) is 7.30. The average Bonchev–Trinajstić information content (AvgIpc) is 3.32. The molecule has 3 aliphatic rings. The van der Waals surface area contributed by atoms with E-state index >= 15 is 0 Å². The Morgan fingerprint density at radius 2 is 1.90 bits per heavy atom. The number of amides is 2. The summed E-state index contributed by atoms with van der Waals surface area (Å²) in [5.41, 5.74) is 1.56. The third-order valence-electron chi connectivity index (χ3n) is 5.56. The molecule has 1 saturated carbocycles. The fourth-order valence-electron chi connectivity index (χ4n) is 4.13. The van der Waals surface area contributed by atoms with Gasteiger partial charge in [0.15, 0.2) is 11.5 Å². The number of para-hydroxylation sites is 1. The Hall–Kier alpha value is -2.67. The molecule has 2 amide bonds. The minimum absolute atomic E-state index is 0.0337. The van der Waals surface area contributed by atoms with E-state index in [9.17, 15) is 9.59 Å². The fraction of sp³-hybridized carbons (Fsp3) is 0.364. The van der Waals surface area contributed by atoms with Gasteiger partial charge in [0.1, 0.15) is 0 Å². The first-order chi connectivity index (χ1) is 14.1. The lowest BCUT2D eigenvalue weighted by molar-refractivity contribution is -0.117. The highest BCUT2D eigenvalue weighted by Gasteiger charge is 2.44. The molecule has 0 radical (unpaired) electrons. The van der Waals surface area contributed by atoms with Crippen molar-refractivity contribution in [3.63, 3.8) is 0 Å². The molecule has 1 N–H and O–H groups in total. The first-order valence-corrected chi connectivity index (χ1v) is 10.9. The average molecular weight is 410 g/mol. The molecule has 0 bridgehead atoms. The van der Waals surface area contributed by atoms with Crippen molar-refractivity contribution in [1.82, 2.24) is 0 Å². The Morgan fingerprint density at radius 1 is 1.10 bits per heavy atom. The van der Waals surface area contributed by atoms with E-state index in [1.807, 2.05) is 42.5 Å². The van der Waals surface area contributed by atoms with Crippen LogP contribution in [0.25, 0.3) is 0 Å². The van der Waals surface area contributed by atoms with Crippen LogP contribution in [0, 0.1) is 0 Å². The lowest BCUT2D eigenvalue weighted by Crippen LogP contribution is -2.37. The summed E-state index contributed by atoms with van der Waals surface area (Å²) < 4.78 is 12.1. The maximum Gasteiger partial charge on any atom is 0.251 e. The molecule has 2 aliphatic heterocycles. The second-order valence-corrected chi connectivity index (χ2v) is 8.60. The molecule has 2 aromatic carbocycles. The number of ether oxygens (including phenoxy) is 2. The van der Waals surface area contributed by atoms with Gasteiger partial charge in [0, 0.05) is 42.5 Å². The molecule has 0 saturated heterocycles. The summed E-state index contributed by atoms with van der Waals surface area (Å²) in [6.07, 6.45) is 4.23. The van der Waals surface area contributed by atoms with E-state index < -0.39 is 5.79 Å². The normalized spacial score (nSPS) is 18.8. The van der Waals surface area contributed by atoms with Gasteiger partial charge in [-0.15, -0.1) is 11.8 Å². The highest BCUT2D eigenvalue weighted by atomic mass is 32.2. The van der Waals surface area contributed by atoms with E-state index in [0.29, 0.717) is 23.7 Å². The highest BCUT2D eigenvalue weighted by Crippen LogP contribution is 2.47. The predicted molar refractivity (Wildman–Crippen MR) is 112 cm³/mol. The molecule has 6 nitrogen and oxygen atoms in total. The molecule has 2 aromatic rings. The highest BCUT2D eigenvalue weighted by molar-refractivity contribution is 8.00. The summed E-state index contributed by atoms with van der Waals surface area (Å²) in [5, 5.41) is 2.91. The van der Waals surface area contributed by atoms with Gasteiger partial charge in [-0.3, -0.25) is 9.59 Å². The monoisotopic (exact) mass is 410 g/mol. The fourth-order valence-corrected chi connectivity index (χ4v) is 5.06. The van der Waals surface area contributed by atoms with Crippen molar-refractivity contribution in [2.45, 2.75) is 42.8 Å². The molecular formula is C22H22N2O4S. The van der Waals surface area contributed by atoms with Crippen molar-refractivity contribution in [2.24, 2.45) is 0 Å². The number of anilines is 2. The van der Waals surface area contributed by atoms with Crippen molar-refractivity contribution in [2.75, 3.05) is 22.5 Å². The second-order valence-electron chi connectivity index (χ2n) is 7.58. The smallest absolute Gasteiger partial charge is 0.251 e. The van der Waals surface area contributed by atoms with Crippen molar-refractivity contribution < 1.29 is 19.1 Å². The van der Waals surface area contributed by atoms with E-state index in [1.54, 1.807) is 4.90 Å². The molecule has 0 aromatic heterocycles. The summed E-state index contributed by atoms with van der Waals surface area (Å²) in [7, 11) is 0. The lowest BCUT2D eigenvalue weighted by Gasteiger charge is -2.28. The van der Waals surface area contributed by atoms with E-state index in [1.165, 1.54) is 11.8 Å². The molecule has 5 rings (SSSR count). The van der Waals surface area contributed by atoms with Crippen LogP contribution >= 0.6 is 11.8 Å². The quantitative estimate of drug-likeness (QED) is 0.818. The minimum Gasteiger partial charge on any atom is -0.448 e. The number of carbonyl (C=O) groups is 2. The van der Waals surface area contributed by atoms with Crippen molar-refractivity contribution >= 4 is 35.0 Å². The minimum atomic E-state index is -0.509. The Kier molecular flexibility index (Phi) is 4.62. The number of rotatable bonds is 4. The van der Waals surface area contributed by atoms with Crippen LogP contribution in [-0.4, -0.2) is 29.9 Å². The van der Waals surface area contributed by atoms with Gasteiger partial charge in [-0.25, -0.2) is 0 Å². The zero-order valence-corrected chi connectivity index (χ0v) is 16.8. The summed E-state index contributed by atoms with van der Waals surface area (Å²) in [5.74, 6) is 1.21. The molecule has 2 heterocycles. The molecule has 150 valence electrons. The zero-order chi connectivity index (χ0) is 19.8. The number of hydrogen-bond donors (Lipinski definition) is 1. The van der Waals surface area contributed by atoms with Crippen LogP contribution < -0.4 is 19.7 Å². The molecular weight excluding hydrogens is 388 g/mol. The van der Waals surface area contributed by atoms with Crippen LogP contribution in [-0.2, 0) is 9.59 Å². The van der Waals surface area contributed by atoms with Gasteiger partial charge >= 0.3 is 0 Å². The maximum absolute atomic E-state index is 12.5. The van der Waals surface area contributed by atoms with Gasteiger partial charge in [-0.2, -0.15) is 0 Å². The Morgan fingerprint density at radius 3 is 2.76 bits per heavy atom. The molecule has 7 heteroatoms. The summed E-state index contributed by atoms with van der Waals surface area (Å²) >= 11 is 1.54. The van der Waals surface area contributed by atoms with Gasteiger partial charge in [-0.1, -0.05) is 12.1 Å². The SMILES string of the molecule is O=C(CCN1C(=O)CSc2ccccc21)Nc1ccc2c(c1)OC1(CCCC1)O2. The van der Waals surface area contributed by atoms with Gasteiger partial charge < -0.3 is 19.7 Å². The van der Waals surface area contributed by atoms with Crippen molar-refractivity contribution in [1.29, 1.82) is 0 Å². The molecule has 1 fully saturated rings. The van der Waals surface area contributed by atoms with E-state index in [-0.39, 0.29) is 18.2 Å². The van der Waals surface area contributed by atoms with Gasteiger partial charge in [0.2, 0.25) is 11.8 Å². The maximum atomic E-state index is 12.5. The van der Waals surface area contributed by atoms with Crippen LogP contribution in [0.3, 0.4) is 0 Å². The van der Waals surface area contributed by atoms with Crippen molar-refractivity contribution in [3.8, 4) is 11.5 Å². The van der Waals surface area contributed by atoms with E-state index in [4.69, 9.17) is 9.47 Å². The molecule has 29 heavy (non-hydrogen) atoms. The molecule has 1 aliphatic carbocycles. The van der Waals surface area contributed by atoms with Crippen LogP contribution in [0.5, 0.6) is 11.5 Å². The Balaban J connectivity index is 1.22. The van der Waals surface area contributed by atoms with E-state index in [0.717, 1.165) is 42.0 Å². The third-order valence-corrected chi connectivity index (χ3v) is 6.60. The number of fused-ring (bicyclic) bond motifs is 2. The van der Waals surface area contributed by atoms with E-state index in [2.05, 4.69) is 5.32 Å². The van der Waals surface area contributed by atoms with Crippen LogP contribution in [0.15, 0.2) is 47.4 Å². The van der Waals surface area contributed by atoms with Gasteiger partial charge in [0.05, 0.1) is 11.4 Å². The summed E-state index contributed by atoms with van der Waals surface area (Å²) in [4.78, 5) is 27.6. The Labute approximate surface area is 173 Å². The number of nitrogens with zero attached hydrogens (tertiary/aromatic N) is 1. The van der Waals surface area contributed by atoms with Gasteiger partial charge in [0.25, 0.3) is 5.79 Å².